The number of H-pyrrole nitrogens is 1. The van der Waals surface area contributed by atoms with E-state index < -0.39 is 12.1 Å². The maximum atomic E-state index is 12.6. The average Bonchev–Trinajstić information content (AvgIpc) is 3.05. The van der Waals surface area contributed by atoms with E-state index in [4.69, 9.17) is 9.47 Å². The number of aromatic nitrogens is 1. The number of hydrogen-bond acceptors (Lipinski definition) is 4. The minimum absolute atomic E-state index is 0.241. The van der Waals surface area contributed by atoms with E-state index in [1.165, 1.54) is 0 Å². The van der Waals surface area contributed by atoms with E-state index in [0.29, 0.717) is 16.9 Å². The Morgan fingerprint density at radius 3 is 2.46 bits per heavy atom. The summed E-state index contributed by atoms with van der Waals surface area (Å²) in [5, 5.41) is 0.815. The van der Waals surface area contributed by atoms with Gasteiger partial charge < -0.3 is 14.5 Å². The van der Waals surface area contributed by atoms with Crippen LogP contribution < -0.4 is 4.74 Å². The number of ketones is 1. The van der Waals surface area contributed by atoms with Gasteiger partial charge in [0.15, 0.2) is 6.10 Å². The maximum absolute atomic E-state index is 12.6. The van der Waals surface area contributed by atoms with Gasteiger partial charge in [-0.25, -0.2) is 4.79 Å². The highest BCUT2D eigenvalue weighted by Crippen LogP contribution is 2.20. The van der Waals surface area contributed by atoms with Gasteiger partial charge in [-0.15, -0.1) is 0 Å². The summed E-state index contributed by atoms with van der Waals surface area (Å²) in [7, 11) is 1.55. The van der Waals surface area contributed by atoms with Gasteiger partial charge in [0.2, 0.25) is 5.78 Å². The van der Waals surface area contributed by atoms with Crippen LogP contribution in [0.2, 0.25) is 0 Å². The van der Waals surface area contributed by atoms with Crippen LogP contribution in [0.5, 0.6) is 5.75 Å². The van der Waals surface area contributed by atoms with Gasteiger partial charge >= 0.3 is 5.97 Å². The first-order valence-electron chi connectivity index (χ1n) is 7.55. The highest BCUT2D eigenvalue weighted by Gasteiger charge is 2.22. The number of methoxy groups -OCH3 is 1. The lowest BCUT2D eigenvalue weighted by molar-refractivity contribution is 0.0319. The van der Waals surface area contributed by atoms with Crippen molar-refractivity contribution in [3.8, 4) is 5.75 Å². The quantitative estimate of drug-likeness (QED) is 0.575. The van der Waals surface area contributed by atoms with E-state index >= 15 is 0 Å². The molecule has 1 N–H and O–H groups in total. The molecule has 1 heterocycles. The average molecular weight is 323 g/mol. The minimum Gasteiger partial charge on any atom is -0.497 e. The molecule has 0 radical (unpaired) electrons. The van der Waals surface area contributed by atoms with Crippen molar-refractivity contribution in [3.63, 3.8) is 0 Å². The van der Waals surface area contributed by atoms with E-state index in [9.17, 15) is 9.59 Å². The molecule has 1 aromatic heterocycles. The molecule has 0 spiro atoms. The molecule has 24 heavy (non-hydrogen) atoms. The predicted molar refractivity (Wildman–Crippen MR) is 90.5 cm³/mol. The zero-order valence-corrected chi connectivity index (χ0v) is 13.4. The van der Waals surface area contributed by atoms with Crippen LogP contribution in [0.25, 0.3) is 10.9 Å². The largest absolute Gasteiger partial charge is 0.497 e. The van der Waals surface area contributed by atoms with Crippen LogP contribution >= 0.6 is 0 Å². The monoisotopic (exact) mass is 323 g/mol. The number of Topliss-reactive ketones (excluding diaryl/α,β-unsaturated/α-hetero) is 1. The SMILES string of the molecule is COc1ccc(C(=O)O[C@H](C)C(=O)c2c[nH]c3ccccc23)cc1. The van der Waals surface area contributed by atoms with Crippen molar-refractivity contribution in [3.05, 3.63) is 65.9 Å². The molecule has 5 nitrogen and oxygen atoms in total. The summed E-state index contributed by atoms with van der Waals surface area (Å²) in [6.07, 6.45) is 0.767. The molecule has 0 bridgehead atoms. The molecule has 3 aromatic rings. The number of rotatable bonds is 5. The topological polar surface area (TPSA) is 68.4 Å². The molecular weight excluding hydrogens is 306 g/mol. The lowest BCUT2D eigenvalue weighted by atomic mass is 10.1. The molecule has 0 amide bonds. The van der Waals surface area contributed by atoms with Crippen molar-refractivity contribution in [2.45, 2.75) is 13.0 Å². The zero-order chi connectivity index (χ0) is 17.1. The molecule has 5 heteroatoms. The Kier molecular flexibility index (Phi) is 4.33. The number of hydrogen-bond donors (Lipinski definition) is 1. The van der Waals surface area contributed by atoms with Crippen LogP contribution in [-0.4, -0.2) is 30.0 Å². The first-order chi connectivity index (χ1) is 11.6. The lowest BCUT2D eigenvalue weighted by Crippen LogP contribution is -2.24. The van der Waals surface area contributed by atoms with Gasteiger partial charge in [-0.2, -0.15) is 0 Å². The van der Waals surface area contributed by atoms with Crippen LogP contribution in [0.4, 0.5) is 0 Å². The minimum atomic E-state index is -0.876. The zero-order valence-electron chi connectivity index (χ0n) is 13.4. The summed E-state index contributed by atoms with van der Waals surface area (Å²) < 4.78 is 10.3. The third-order valence-corrected chi connectivity index (χ3v) is 3.83. The number of aromatic amines is 1. The van der Waals surface area contributed by atoms with Crippen molar-refractivity contribution in [1.29, 1.82) is 0 Å². The van der Waals surface area contributed by atoms with Gasteiger partial charge in [0.1, 0.15) is 5.75 Å². The Balaban J connectivity index is 1.74. The predicted octanol–water partition coefficient (Wildman–Crippen LogP) is 3.60. The van der Waals surface area contributed by atoms with Gasteiger partial charge in [-0.1, -0.05) is 18.2 Å². The maximum Gasteiger partial charge on any atom is 0.338 e. The molecule has 0 unspecified atom stereocenters. The number of ether oxygens (including phenoxy) is 2. The Hall–Kier alpha value is -3.08. The highest BCUT2D eigenvalue weighted by atomic mass is 16.5. The lowest BCUT2D eigenvalue weighted by Gasteiger charge is -2.12. The van der Waals surface area contributed by atoms with Gasteiger partial charge in [0, 0.05) is 22.7 Å². The fourth-order valence-electron chi connectivity index (χ4n) is 2.50. The number of carbonyl (C=O) groups is 2. The number of benzene rings is 2. The number of carbonyl (C=O) groups excluding carboxylic acids is 2. The smallest absolute Gasteiger partial charge is 0.338 e. The standard InChI is InChI=1S/C19H17NO4/c1-12(24-19(22)13-7-9-14(23-2)10-8-13)18(21)16-11-20-17-6-4-3-5-15(16)17/h3-12,20H,1-2H3/t12-/m1/s1. The van der Waals surface area contributed by atoms with Crippen LogP contribution in [-0.2, 0) is 4.74 Å². The molecule has 0 saturated heterocycles. The number of para-hydroxylation sites is 1. The van der Waals surface area contributed by atoms with E-state index in [0.717, 1.165) is 10.9 Å². The Labute approximate surface area is 139 Å². The van der Waals surface area contributed by atoms with E-state index in [1.807, 2.05) is 24.3 Å². The van der Waals surface area contributed by atoms with E-state index in [2.05, 4.69) is 4.98 Å². The van der Waals surface area contributed by atoms with Crippen LogP contribution in [0.15, 0.2) is 54.7 Å². The summed E-state index contributed by atoms with van der Waals surface area (Å²) in [5.74, 6) is -0.137. The van der Waals surface area contributed by atoms with E-state index in [-0.39, 0.29) is 5.78 Å². The van der Waals surface area contributed by atoms with Crippen molar-refractivity contribution in [2.75, 3.05) is 7.11 Å². The second-order valence-electron chi connectivity index (χ2n) is 5.39. The fraction of sp³-hybridized carbons (Fsp3) is 0.158. The summed E-state index contributed by atoms with van der Waals surface area (Å²) in [4.78, 5) is 27.8. The normalized spacial score (nSPS) is 11.9. The Bertz CT molecular complexity index is 880. The first kappa shape index (κ1) is 15.8. The molecule has 2 aromatic carbocycles. The molecule has 1 atom stereocenters. The summed E-state index contributed by atoms with van der Waals surface area (Å²) >= 11 is 0. The molecule has 0 fully saturated rings. The fourth-order valence-corrected chi connectivity index (χ4v) is 2.50. The van der Waals surface area contributed by atoms with Gasteiger partial charge in [0.25, 0.3) is 0 Å². The molecule has 0 saturated carbocycles. The first-order valence-corrected chi connectivity index (χ1v) is 7.55. The molecule has 3 rings (SSSR count). The number of nitrogens with one attached hydrogen (secondary N) is 1. The molecule has 0 aliphatic heterocycles. The van der Waals surface area contributed by atoms with E-state index in [1.54, 1.807) is 44.5 Å². The third kappa shape index (κ3) is 3.01. The summed E-state index contributed by atoms with van der Waals surface area (Å²) in [6.45, 7) is 1.57. The molecular formula is C19H17NO4. The molecule has 0 aliphatic rings. The van der Waals surface area contributed by atoms with Crippen molar-refractivity contribution < 1.29 is 19.1 Å². The second-order valence-corrected chi connectivity index (χ2v) is 5.39. The Morgan fingerprint density at radius 1 is 1.04 bits per heavy atom. The number of fused-ring (bicyclic) bond motifs is 1. The summed E-state index contributed by atoms with van der Waals surface area (Å²) in [6, 6.07) is 14.0. The van der Waals surface area contributed by atoms with Crippen LogP contribution in [0.3, 0.4) is 0 Å². The summed E-state index contributed by atoms with van der Waals surface area (Å²) in [5.41, 5.74) is 1.75. The Morgan fingerprint density at radius 2 is 1.75 bits per heavy atom. The number of esters is 1. The van der Waals surface area contributed by atoms with Crippen molar-refractivity contribution in [2.24, 2.45) is 0 Å². The van der Waals surface area contributed by atoms with Gasteiger partial charge in [-0.05, 0) is 37.3 Å². The van der Waals surface area contributed by atoms with Crippen molar-refractivity contribution in [1.82, 2.24) is 4.98 Å². The van der Waals surface area contributed by atoms with Gasteiger partial charge in [0.05, 0.1) is 12.7 Å². The third-order valence-electron chi connectivity index (χ3n) is 3.83. The second kappa shape index (κ2) is 6.58. The van der Waals surface area contributed by atoms with Crippen molar-refractivity contribution >= 4 is 22.7 Å². The van der Waals surface area contributed by atoms with Crippen LogP contribution in [0.1, 0.15) is 27.6 Å². The molecule has 0 aliphatic carbocycles. The van der Waals surface area contributed by atoms with Crippen LogP contribution in [0, 0.1) is 0 Å². The molecule has 122 valence electrons. The highest BCUT2D eigenvalue weighted by molar-refractivity contribution is 6.10. The van der Waals surface area contributed by atoms with Gasteiger partial charge in [-0.3, -0.25) is 4.79 Å².